The van der Waals surface area contributed by atoms with E-state index in [4.69, 9.17) is 9.47 Å². The summed E-state index contributed by atoms with van der Waals surface area (Å²) in [5.74, 6) is 3.98. The molecule has 0 amide bonds. The molecule has 2 unspecified atom stereocenters. The van der Waals surface area contributed by atoms with E-state index in [-0.39, 0.29) is 12.4 Å². The Balaban J connectivity index is 1.36. The van der Waals surface area contributed by atoms with Crippen LogP contribution in [0.1, 0.15) is 72.6 Å². The molecular weight excluding hydrogens is 372 g/mol. The van der Waals surface area contributed by atoms with Crippen LogP contribution in [-0.4, -0.2) is 30.2 Å². The van der Waals surface area contributed by atoms with Gasteiger partial charge in [-0.2, -0.15) is 0 Å². The van der Waals surface area contributed by atoms with E-state index in [0.29, 0.717) is 34.7 Å². The Morgan fingerprint density at radius 3 is 2.83 bits per heavy atom. The van der Waals surface area contributed by atoms with Crippen molar-refractivity contribution in [3.05, 3.63) is 23.3 Å². The van der Waals surface area contributed by atoms with Crippen molar-refractivity contribution in [3.8, 4) is 0 Å². The normalized spacial score (nSPS) is 56.3. The van der Waals surface area contributed by atoms with Gasteiger partial charge in [0.15, 0.2) is 6.29 Å². The molecule has 1 spiro atoms. The fourth-order valence-corrected chi connectivity index (χ4v) is 9.51. The summed E-state index contributed by atoms with van der Waals surface area (Å²) in [6, 6.07) is 0. The van der Waals surface area contributed by atoms with Crippen LogP contribution in [0.5, 0.6) is 0 Å². The quantitative estimate of drug-likeness (QED) is 0.579. The highest BCUT2D eigenvalue weighted by atomic mass is 16.7. The summed E-state index contributed by atoms with van der Waals surface area (Å²) in [4.78, 5) is 0. The first kappa shape index (κ1) is 20.0. The molecule has 3 heterocycles. The highest BCUT2D eigenvalue weighted by Gasteiger charge is 2.68. The van der Waals surface area contributed by atoms with Crippen molar-refractivity contribution in [2.75, 3.05) is 6.61 Å². The van der Waals surface area contributed by atoms with Gasteiger partial charge in [-0.1, -0.05) is 37.1 Å². The Hall–Kier alpha value is -0.640. The second-order valence-corrected chi connectivity index (χ2v) is 12.2. The fourth-order valence-electron chi connectivity index (χ4n) is 9.51. The molecule has 3 heteroatoms. The van der Waals surface area contributed by atoms with Gasteiger partial charge in [0.2, 0.25) is 0 Å². The molecule has 0 aromatic carbocycles. The van der Waals surface area contributed by atoms with E-state index in [2.05, 4.69) is 39.8 Å². The zero-order valence-electron chi connectivity index (χ0n) is 19.3. The molecule has 0 radical (unpaired) electrons. The summed E-state index contributed by atoms with van der Waals surface area (Å²) < 4.78 is 13.3. The lowest BCUT2D eigenvalue weighted by atomic mass is 9.46. The van der Waals surface area contributed by atoms with Gasteiger partial charge in [0.25, 0.3) is 0 Å². The van der Waals surface area contributed by atoms with E-state index in [1.165, 1.54) is 37.7 Å². The lowest BCUT2D eigenvalue weighted by molar-refractivity contribution is -0.219. The van der Waals surface area contributed by atoms with Gasteiger partial charge >= 0.3 is 0 Å². The first-order valence-electron chi connectivity index (χ1n) is 12.6. The average molecular weight is 413 g/mol. The van der Waals surface area contributed by atoms with E-state index in [9.17, 15) is 5.11 Å². The number of allylic oxidation sites excluding steroid dienone is 2. The van der Waals surface area contributed by atoms with Crippen LogP contribution in [0, 0.1) is 46.3 Å². The van der Waals surface area contributed by atoms with E-state index in [1.54, 1.807) is 5.57 Å². The summed E-state index contributed by atoms with van der Waals surface area (Å²) in [6.07, 6.45) is 13.4. The van der Waals surface area contributed by atoms with Crippen molar-refractivity contribution in [1.29, 1.82) is 0 Å². The maximum atomic E-state index is 10.3. The predicted octanol–water partition coefficient (Wildman–Crippen LogP) is 5.49. The Kier molecular flexibility index (Phi) is 4.46. The topological polar surface area (TPSA) is 38.7 Å². The van der Waals surface area contributed by atoms with Gasteiger partial charge in [0, 0.05) is 11.3 Å². The lowest BCUT2D eigenvalue weighted by Gasteiger charge is -2.58. The minimum Gasteiger partial charge on any atom is -0.393 e. The Morgan fingerprint density at radius 2 is 2.03 bits per heavy atom. The smallest absolute Gasteiger partial charge is 0.164 e. The van der Waals surface area contributed by atoms with Gasteiger partial charge < -0.3 is 14.6 Å². The number of aliphatic hydroxyl groups is 1. The maximum absolute atomic E-state index is 10.3. The van der Waals surface area contributed by atoms with Gasteiger partial charge in [-0.25, -0.2) is 0 Å². The van der Waals surface area contributed by atoms with Gasteiger partial charge in [-0.3, -0.25) is 0 Å². The summed E-state index contributed by atoms with van der Waals surface area (Å²) in [5.41, 5.74) is 3.59. The molecule has 3 aliphatic heterocycles. The Bertz CT molecular complexity index is 781. The molecule has 166 valence electrons. The molecule has 3 saturated carbocycles. The minimum absolute atomic E-state index is 0.0376. The van der Waals surface area contributed by atoms with Crippen LogP contribution < -0.4 is 0 Å². The van der Waals surface area contributed by atoms with Gasteiger partial charge in [0.1, 0.15) is 0 Å². The van der Waals surface area contributed by atoms with Gasteiger partial charge in [0.05, 0.1) is 18.8 Å². The molecule has 3 nitrogen and oxygen atoms in total. The molecule has 0 aromatic heterocycles. The highest BCUT2D eigenvalue weighted by molar-refractivity contribution is 5.26. The van der Waals surface area contributed by atoms with Crippen LogP contribution in [0.2, 0.25) is 0 Å². The van der Waals surface area contributed by atoms with Crippen LogP contribution in [0.4, 0.5) is 0 Å². The first-order chi connectivity index (χ1) is 14.3. The van der Waals surface area contributed by atoms with Crippen molar-refractivity contribution < 1.29 is 14.6 Å². The summed E-state index contributed by atoms with van der Waals surface area (Å²) in [5, 5.41) is 10.3. The molecular formula is C27H40O3. The molecule has 7 rings (SSSR count). The van der Waals surface area contributed by atoms with Crippen molar-refractivity contribution >= 4 is 0 Å². The average Bonchev–Trinajstić information content (AvgIpc) is 2.88. The van der Waals surface area contributed by atoms with E-state index < -0.39 is 0 Å². The molecule has 4 bridgehead atoms. The number of aliphatic hydroxyl groups excluding tert-OH is 1. The maximum Gasteiger partial charge on any atom is 0.164 e. The highest BCUT2D eigenvalue weighted by Crippen LogP contribution is 2.70. The second-order valence-electron chi connectivity index (χ2n) is 12.2. The third-order valence-corrected chi connectivity index (χ3v) is 10.7. The number of ether oxygens (including phenoxy) is 2. The number of fused-ring (bicyclic) bond motifs is 6. The lowest BCUT2D eigenvalue weighted by Crippen LogP contribution is -2.53. The van der Waals surface area contributed by atoms with Crippen LogP contribution >= 0.6 is 0 Å². The molecule has 3 saturated heterocycles. The molecule has 6 fully saturated rings. The Labute approximate surface area is 182 Å². The SMILES string of the molecule is CC(C)=C[C@H]1C2OC[C@]34CC[C@H]5[C@@H](CC=C6CC(O)CC[C@@]65C)[C@@H]3C[C@H](O2)[C@@H]4[C@@H]1C. The van der Waals surface area contributed by atoms with Crippen molar-refractivity contribution in [2.24, 2.45) is 46.3 Å². The van der Waals surface area contributed by atoms with Crippen LogP contribution in [0.3, 0.4) is 0 Å². The Morgan fingerprint density at radius 1 is 1.20 bits per heavy atom. The standard InChI is InChI=1S/C27H40O3/c1-15(2)11-20-16(3)24-23-13-22-19-6-5-17-12-18(28)7-9-26(17,4)21(19)8-10-27(22,24)14-29-25(20)30-23/h5,11,16,18-25,28H,6-10,12-14H2,1-4H3/t16-,18?,19-,20-,21+,22+,23+,24+,25?,26+,27-/m1/s1. The third kappa shape index (κ3) is 2.55. The third-order valence-electron chi connectivity index (χ3n) is 10.7. The summed E-state index contributed by atoms with van der Waals surface area (Å²) in [7, 11) is 0. The van der Waals surface area contributed by atoms with E-state index in [0.717, 1.165) is 37.2 Å². The monoisotopic (exact) mass is 412 g/mol. The number of hydrogen-bond acceptors (Lipinski definition) is 3. The molecule has 1 N–H and O–H groups in total. The number of rotatable bonds is 1. The minimum atomic E-state index is -0.116. The van der Waals surface area contributed by atoms with Crippen molar-refractivity contribution in [3.63, 3.8) is 0 Å². The summed E-state index contributed by atoms with van der Waals surface area (Å²) >= 11 is 0. The fraction of sp³-hybridized carbons (Fsp3) is 0.852. The largest absolute Gasteiger partial charge is 0.393 e. The molecule has 11 atom stereocenters. The van der Waals surface area contributed by atoms with E-state index >= 15 is 0 Å². The van der Waals surface area contributed by atoms with Crippen LogP contribution in [0.25, 0.3) is 0 Å². The molecule has 30 heavy (non-hydrogen) atoms. The summed E-state index contributed by atoms with van der Waals surface area (Å²) in [6.45, 7) is 10.3. The van der Waals surface area contributed by atoms with Crippen LogP contribution in [-0.2, 0) is 9.47 Å². The zero-order valence-corrected chi connectivity index (χ0v) is 19.3. The van der Waals surface area contributed by atoms with E-state index in [1.807, 2.05) is 0 Å². The van der Waals surface area contributed by atoms with Gasteiger partial charge in [-0.15, -0.1) is 0 Å². The first-order valence-corrected chi connectivity index (χ1v) is 12.6. The van der Waals surface area contributed by atoms with Gasteiger partial charge in [-0.05, 0) is 93.8 Å². The number of hydrogen-bond donors (Lipinski definition) is 1. The van der Waals surface area contributed by atoms with Crippen molar-refractivity contribution in [2.45, 2.75) is 91.1 Å². The zero-order chi connectivity index (χ0) is 20.8. The van der Waals surface area contributed by atoms with Crippen LogP contribution in [0.15, 0.2) is 23.3 Å². The molecule has 7 aliphatic rings. The second kappa shape index (κ2) is 6.68. The van der Waals surface area contributed by atoms with Crippen molar-refractivity contribution in [1.82, 2.24) is 0 Å². The predicted molar refractivity (Wildman–Crippen MR) is 118 cm³/mol. The molecule has 4 aliphatic carbocycles. The molecule has 0 aromatic rings.